The highest BCUT2D eigenvalue weighted by molar-refractivity contribution is 7.94. The second-order valence-electron chi connectivity index (χ2n) is 9.60. The van der Waals surface area contributed by atoms with E-state index in [2.05, 4.69) is 14.4 Å². The van der Waals surface area contributed by atoms with Gasteiger partial charge in [-0.05, 0) is 65.2 Å². The average molecular weight is 619 g/mol. The fraction of sp³-hybridized carbons (Fsp3) is 0.222. The number of allylic oxidation sites excluding steroid dienone is 4. The standard InChI is InChI=1S/C27H28N2O9S3/c1-27(2)25(11-6-7-14-28-19-9-4-3-5-10-19)29(15-8-16-40(31,32)33)23-13-12-21-22(26(23)27)17-20(41(34,35)36)18-24(21)39-38-37-30/h3-7,9-14,17-18,30H,8,15-16H2,1-2H3,(H,31,32,33)(H,34,35,36)/p-2/b7-6+,25-11+,28-14?. The van der Waals surface area contributed by atoms with Crippen molar-refractivity contribution < 1.29 is 40.6 Å². The lowest BCUT2D eigenvalue weighted by Crippen LogP contribution is -2.28. The number of hydrogen-bond acceptors (Lipinski definition) is 12. The highest BCUT2D eigenvalue weighted by atomic mass is 32.2. The van der Waals surface area contributed by atoms with Gasteiger partial charge >= 0.3 is 0 Å². The number of rotatable bonds is 11. The summed E-state index contributed by atoms with van der Waals surface area (Å²) in [5.41, 5.74) is 2.08. The molecule has 0 fully saturated rings. The van der Waals surface area contributed by atoms with Crippen LogP contribution in [0.15, 0.2) is 93.3 Å². The molecule has 0 unspecified atom stereocenters. The van der Waals surface area contributed by atoms with Gasteiger partial charge in [0.1, 0.15) is 10.1 Å². The normalized spacial score (nSPS) is 16.4. The van der Waals surface area contributed by atoms with Crippen molar-refractivity contribution in [3.8, 4) is 0 Å². The van der Waals surface area contributed by atoms with Gasteiger partial charge in [-0.1, -0.05) is 49.2 Å². The number of para-hydroxylation sites is 1. The summed E-state index contributed by atoms with van der Waals surface area (Å²) in [7, 11) is -9.31. The van der Waals surface area contributed by atoms with Crippen molar-refractivity contribution in [3.63, 3.8) is 0 Å². The van der Waals surface area contributed by atoms with Gasteiger partial charge < -0.3 is 14.0 Å². The molecule has 0 spiro atoms. The Morgan fingerprint density at radius 3 is 2.41 bits per heavy atom. The molecule has 0 atom stereocenters. The monoisotopic (exact) mass is 618 g/mol. The molecule has 11 nitrogen and oxygen atoms in total. The van der Waals surface area contributed by atoms with Gasteiger partial charge in [0, 0.05) is 40.2 Å². The van der Waals surface area contributed by atoms with Gasteiger partial charge in [-0.3, -0.25) is 4.99 Å². The molecular formula is C27H26N2O9S3-2. The van der Waals surface area contributed by atoms with Crippen LogP contribution in [0, 0.1) is 0 Å². The van der Waals surface area contributed by atoms with Gasteiger partial charge in [0.05, 0.1) is 32.7 Å². The maximum absolute atomic E-state index is 12.0. The number of hydrogen-bond donors (Lipinski definition) is 1. The number of fused-ring (bicyclic) bond motifs is 3. The number of aliphatic imine (C=N–C) groups is 1. The fourth-order valence-electron chi connectivity index (χ4n) is 4.88. The minimum absolute atomic E-state index is 0.0493. The molecule has 1 heterocycles. The Hall–Kier alpha value is -3.08. The molecule has 0 radical (unpaired) electrons. The molecule has 0 saturated carbocycles. The van der Waals surface area contributed by atoms with E-state index in [1.807, 2.05) is 55.2 Å². The molecule has 0 aliphatic carbocycles. The SMILES string of the molecule is CC1(C)/C(=C\C=C\C=Nc2ccccc2)N(CCCS(=O)(=O)[O-])c2ccc3c(SOOO)cc(S(=O)(=O)[O-])cc3c21. The molecule has 0 saturated heterocycles. The van der Waals surface area contributed by atoms with Crippen LogP contribution in [-0.4, -0.2) is 49.7 Å². The summed E-state index contributed by atoms with van der Waals surface area (Å²) in [5.74, 6) is -0.558. The summed E-state index contributed by atoms with van der Waals surface area (Å²) in [6.07, 6.45) is 7.02. The summed E-state index contributed by atoms with van der Waals surface area (Å²) in [6, 6.07) is 15.2. The molecular weight excluding hydrogens is 593 g/mol. The summed E-state index contributed by atoms with van der Waals surface area (Å²) in [4.78, 5) is 5.95. The Labute approximate surface area is 242 Å². The van der Waals surface area contributed by atoms with Crippen LogP contribution in [0.5, 0.6) is 0 Å². The van der Waals surface area contributed by atoms with Crippen LogP contribution in [0.4, 0.5) is 11.4 Å². The van der Waals surface area contributed by atoms with E-state index in [1.165, 1.54) is 6.07 Å². The van der Waals surface area contributed by atoms with Gasteiger partial charge in [-0.15, -0.1) is 4.33 Å². The van der Waals surface area contributed by atoms with Crippen LogP contribution in [-0.2, 0) is 35.0 Å². The lowest BCUT2D eigenvalue weighted by Gasteiger charge is -2.27. The minimum atomic E-state index is -4.88. The van der Waals surface area contributed by atoms with Crippen LogP contribution in [0.25, 0.3) is 10.8 Å². The van der Waals surface area contributed by atoms with Crippen molar-refractivity contribution in [2.45, 2.75) is 35.5 Å². The summed E-state index contributed by atoms with van der Waals surface area (Å²) in [6.45, 7) is 4.00. The van der Waals surface area contributed by atoms with Crippen molar-refractivity contribution in [2.75, 3.05) is 17.2 Å². The quantitative estimate of drug-likeness (QED) is 0.100. The summed E-state index contributed by atoms with van der Waals surface area (Å²) < 4.78 is 74.5. The lowest BCUT2D eigenvalue weighted by molar-refractivity contribution is -0.432. The Morgan fingerprint density at radius 1 is 1.02 bits per heavy atom. The molecule has 218 valence electrons. The molecule has 1 aliphatic rings. The van der Waals surface area contributed by atoms with Crippen LogP contribution in [0.2, 0.25) is 0 Å². The summed E-state index contributed by atoms with van der Waals surface area (Å²) in [5, 5.41) is 13.3. The highest BCUT2D eigenvalue weighted by Crippen LogP contribution is 2.52. The van der Waals surface area contributed by atoms with Crippen LogP contribution in [0.3, 0.4) is 0 Å². The Morgan fingerprint density at radius 2 is 1.76 bits per heavy atom. The van der Waals surface area contributed by atoms with E-state index in [9.17, 15) is 25.9 Å². The third kappa shape index (κ3) is 7.23. The van der Waals surface area contributed by atoms with Crippen molar-refractivity contribution in [3.05, 3.63) is 84.1 Å². The maximum atomic E-state index is 12.0. The molecule has 3 aromatic carbocycles. The first-order valence-corrected chi connectivity index (χ1v) is 16.0. The van der Waals surface area contributed by atoms with Crippen molar-refractivity contribution in [1.82, 2.24) is 0 Å². The Kier molecular flexibility index (Phi) is 9.35. The third-order valence-electron chi connectivity index (χ3n) is 6.55. The molecule has 4 rings (SSSR count). The van der Waals surface area contributed by atoms with Gasteiger partial charge in [0.2, 0.25) is 0 Å². The van der Waals surface area contributed by atoms with Gasteiger partial charge in [-0.25, -0.2) is 22.1 Å². The van der Waals surface area contributed by atoms with Crippen LogP contribution < -0.4 is 4.90 Å². The number of nitrogens with zero attached hydrogens (tertiary/aromatic N) is 2. The molecule has 1 N–H and O–H groups in total. The van der Waals surface area contributed by atoms with E-state index < -0.39 is 36.3 Å². The van der Waals surface area contributed by atoms with Gasteiger partial charge in [0.25, 0.3) is 0 Å². The number of benzene rings is 3. The van der Waals surface area contributed by atoms with Crippen molar-refractivity contribution in [1.29, 1.82) is 0 Å². The topological polar surface area (TPSA) is 169 Å². The molecule has 3 aromatic rings. The maximum Gasteiger partial charge on any atom is 0.124 e. The second-order valence-corrected chi connectivity index (χ2v) is 13.2. The average Bonchev–Trinajstić information content (AvgIpc) is 3.12. The van der Waals surface area contributed by atoms with E-state index in [4.69, 9.17) is 5.26 Å². The highest BCUT2D eigenvalue weighted by Gasteiger charge is 2.41. The van der Waals surface area contributed by atoms with Gasteiger partial charge in [0.15, 0.2) is 0 Å². The second kappa shape index (κ2) is 12.4. The minimum Gasteiger partial charge on any atom is -0.748 e. The van der Waals surface area contributed by atoms with Crippen LogP contribution in [0.1, 0.15) is 25.8 Å². The zero-order chi connectivity index (χ0) is 29.8. The van der Waals surface area contributed by atoms with Gasteiger partial charge in [-0.2, -0.15) is 0 Å². The van der Waals surface area contributed by atoms with E-state index in [1.54, 1.807) is 30.5 Å². The van der Waals surface area contributed by atoms with Crippen molar-refractivity contribution >= 4 is 60.6 Å². The number of anilines is 1. The molecule has 14 heteroatoms. The predicted molar refractivity (Wildman–Crippen MR) is 154 cm³/mol. The molecule has 0 bridgehead atoms. The van der Waals surface area contributed by atoms with Crippen molar-refractivity contribution in [2.24, 2.45) is 4.99 Å². The smallest absolute Gasteiger partial charge is 0.124 e. The van der Waals surface area contributed by atoms with E-state index in [0.29, 0.717) is 34.1 Å². The largest absolute Gasteiger partial charge is 0.748 e. The van der Waals surface area contributed by atoms with E-state index in [0.717, 1.165) is 17.5 Å². The predicted octanol–water partition coefficient (Wildman–Crippen LogP) is 5.05. The fourth-order valence-corrected chi connectivity index (χ4v) is 6.51. The Bertz CT molecular complexity index is 1730. The first kappa shape index (κ1) is 30.9. The lowest BCUT2D eigenvalue weighted by atomic mass is 9.81. The first-order chi connectivity index (χ1) is 19.3. The Balaban J connectivity index is 1.85. The third-order valence-corrected chi connectivity index (χ3v) is 8.79. The molecule has 0 aromatic heterocycles. The zero-order valence-corrected chi connectivity index (χ0v) is 24.4. The molecule has 41 heavy (non-hydrogen) atoms. The van der Waals surface area contributed by atoms with E-state index >= 15 is 0 Å². The zero-order valence-electron chi connectivity index (χ0n) is 22.0. The summed E-state index contributed by atoms with van der Waals surface area (Å²) >= 11 is 0.531. The molecule has 1 aliphatic heterocycles. The van der Waals surface area contributed by atoms with E-state index in [-0.39, 0.29) is 17.9 Å². The van der Waals surface area contributed by atoms with Crippen LogP contribution >= 0.6 is 12.0 Å². The molecule has 0 amide bonds. The first-order valence-electron chi connectivity index (χ1n) is 12.2.